The van der Waals surface area contributed by atoms with Crippen LogP contribution in [0.2, 0.25) is 0 Å². The Kier molecular flexibility index (Phi) is 11.7. The number of nitrogens with one attached hydrogen (secondary N) is 3. The number of aliphatic imine (C=N–C) groups is 1. The maximum absolute atomic E-state index is 11.9. The third-order valence-corrected chi connectivity index (χ3v) is 4.41. The summed E-state index contributed by atoms with van der Waals surface area (Å²) in [6, 6.07) is 0.454. The van der Waals surface area contributed by atoms with Crippen molar-refractivity contribution in [2.45, 2.75) is 46.2 Å². The number of carbonyl (C=O) groups is 1. The predicted octanol–water partition coefficient (Wildman–Crippen LogP) is 0.956. The molecule has 1 amide bonds. The molecule has 1 saturated heterocycles. The van der Waals surface area contributed by atoms with Crippen molar-refractivity contribution in [1.82, 2.24) is 25.8 Å². The number of guanidine groups is 1. The quantitative estimate of drug-likeness (QED) is 0.299. The Labute approximate surface area is 176 Å². The highest BCUT2D eigenvalue weighted by atomic mass is 127. The van der Waals surface area contributed by atoms with Crippen molar-refractivity contribution in [1.29, 1.82) is 0 Å². The summed E-state index contributed by atoms with van der Waals surface area (Å²) in [6.45, 7) is 15.9. The van der Waals surface area contributed by atoms with Crippen LogP contribution in [0.25, 0.3) is 0 Å². The van der Waals surface area contributed by atoms with Crippen molar-refractivity contribution in [3.8, 4) is 0 Å². The summed E-state index contributed by atoms with van der Waals surface area (Å²) >= 11 is 0. The molecular formula is C18H39IN6O. The van der Waals surface area contributed by atoms with Crippen molar-refractivity contribution >= 4 is 35.8 Å². The zero-order valence-corrected chi connectivity index (χ0v) is 19.9. The molecule has 0 aromatic heterocycles. The van der Waals surface area contributed by atoms with Crippen molar-refractivity contribution in [2.75, 3.05) is 53.4 Å². The first-order valence-electron chi connectivity index (χ1n) is 9.30. The number of likely N-dealkylation sites (N-methyl/N-ethyl adjacent to an activating group) is 1. The average Bonchev–Trinajstić information content (AvgIpc) is 2.50. The SMILES string of the molecule is CN=C(NCC(=O)NC(C)(C)C)NCC(C(C)C)N1CCN(C)CC1.I. The summed E-state index contributed by atoms with van der Waals surface area (Å²) in [5, 5.41) is 9.42. The molecule has 1 heterocycles. The molecule has 0 spiro atoms. The number of piperazine rings is 1. The van der Waals surface area contributed by atoms with Crippen molar-refractivity contribution in [2.24, 2.45) is 10.9 Å². The van der Waals surface area contributed by atoms with Gasteiger partial charge in [0.05, 0.1) is 6.54 Å². The third-order valence-electron chi connectivity index (χ3n) is 4.41. The summed E-state index contributed by atoms with van der Waals surface area (Å²) in [5.41, 5.74) is -0.222. The standard InChI is InChI=1S/C18H38N6O.HI/c1-14(2)15(24-10-8-23(7)9-11-24)12-20-17(19-6)21-13-16(25)22-18(3,4)5;/h14-15H,8-13H2,1-7H3,(H,22,25)(H2,19,20,21);1H. The van der Waals surface area contributed by atoms with E-state index >= 15 is 0 Å². The van der Waals surface area contributed by atoms with E-state index in [0.717, 1.165) is 32.7 Å². The van der Waals surface area contributed by atoms with E-state index < -0.39 is 0 Å². The van der Waals surface area contributed by atoms with Crippen LogP contribution in [-0.2, 0) is 4.79 Å². The lowest BCUT2D eigenvalue weighted by molar-refractivity contribution is -0.121. The largest absolute Gasteiger partial charge is 0.355 e. The third kappa shape index (κ3) is 9.91. The van der Waals surface area contributed by atoms with E-state index in [1.807, 2.05) is 20.8 Å². The van der Waals surface area contributed by atoms with Crippen LogP contribution in [0.3, 0.4) is 0 Å². The van der Waals surface area contributed by atoms with Crippen LogP contribution < -0.4 is 16.0 Å². The molecule has 1 fully saturated rings. The summed E-state index contributed by atoms with van der Waals surface area (Å²) in [4.78, 5) is 21.1. The lowest BCUT2D eigenvalue weighted by atomic mass is 10.0. The Morgan fingerprint density at radius 2 is 1.69 bits per heavy atom. The zero-order valence-electron chi connectivity index (χ0n) is 17.6. The molecule has 1 aliphatic rings. The average molecular weight is 482 g/mol. The van der Waals surface area contributed by atoms with E-state index in [2.05, 4.69) is 51.6 Å². The molecule has 1 atom stereocenters. The molecule has 1 aliphatic heterocycles. The first kappa shape index (κ1) is 25.4. The fraction of sp³-hybridized carbons (Fsp3) is 0.889. The number of halogens is 1. The summed E-state index contributed by atoms with van der Waals surface area (Å²) in [7, 11) is 3.91. The van der Waals surface area contributed by atoms with Crippen LogP contribution in [0, 0.1) is 5.92 Å². The van der Waals surface area contributed by atoms with Crippen LogP contribution in [-0.4, -0.2) is 86.6 Å². The van der Waals surface area contributed by atoms with Crippen LogP contribution in [0.15, 0.2) is 4.99 Å². The van der Waals surface area contributed by atoms with Crippen LogP contribution in [0.4, 0.5) is 0 Å². The summed E-state index contributed by atoms with van der Waals surface area (Å²) in [5.74, 6) is 1.19. The van der Waals surface area contributed by atoms with Gasteiger partial charge in [-0.15, -0.1) is 24.0 Å². The molecule has 0 aliphatic carbocycles. The second kappa shape index (κ2) is 12.0. The lowest BCUT2D eigenvalue weighted by Crippen LogP contribution is -2.55. The Balaban J connectivity index is 0.00000625. The molecule has 0 aromatic rings. The summed E-state index contributed by atoms with van der Waals surface area (Å²) in [6.07, 6.45) is 0. The monoisotopic (exact) mass is 482 g/mol. The van der Waals surface area contributed by atoms with Gasteiger partial charge in [0, 0.05) is 51.4 Å². The van der Waals surface area contributed by atoms with Gasteiger partial charge in [0.25, 0.3) is 0 Å². The van der Waals surface area contributed by atoms with Crippen LogP contribution >= 0.6 is 24.0 Å². The van der Waals surface area contributed by atoms with Gasteiger partial charge in [0.2, 0.25) is 5.91 Å². The topological polar surface area (TPSA) is 72.0 Å². The van der Waals surface area contributed by atoms with Crippen molar-refractivity contribution < 1.29 is 4.79 Å². The molecule has 0 radical (unpaired) electrons. The minimum atomic E-state index is -0.222. The van der Waals surface area contributed by atoms with Gasteiger partial charge in [-0.25, -0.2) is 0 Å². The summed E-state index contributed by atoms with van der Waals surface area (Å²) < 4.78 is 0. The molecule has 0 bridgehead atoms. The van der Waals surface area contributed by atoms with Gasteiger partial charge in [-0.2, -0.15) is 0 Å². The molecule has 0 saturated carbocycles. The minimum Gasteiger partial charge on any atom is -0.355 e. The number of nitrogens with zero attached hydrogens (tertiary/aromatic N) is 3. The van der Waals surface area contributed by atoms with Gasteiger partial charge in [-0.05, 0) is 33.7 Å². The number of carbonyl (C=O) groups excluding carboxylic acids is 1. The van der Waals surface area contributed by atoms with Crippen LogP contribution in [0.1, 0.15) is 34.6 Å². The van der Waals surface area contributed by atoms with Gasteiger partial charge in [0.1, 0.15) is 0 Å². The Bertz CT molecular complexity index is 441. The molecule has 8 heteroatoms. The maximum Gasteiger partial charge on any atom is 0.239 e. The van der Waals surface area contributed by atoms with Crippen molar-refractivity contribution in [3.63, 3.8) is 0 Å². The number of hydrogen-bond acceptors (Lipinski definition) is 4. The highest BCUT2D eigenvalue weighted by Gasteiger charge is 2.25. The van der Waals surface area contributed by atoms with Crippen LogP contribution in [0.5, 0.6) is 0 Å². The van der Waals surface area contributed by atoms with Gasteiger partial charge in [-0.1, -0.05) is 13.8 Å². The normalized spacial score (nSPS) is 18.2. The molecule has 1 rings (SSSR count). The molecule has 3 N–H and O–H groups in total. The number of hydrogen-bond donors (Lipinski definition) is 3. The number of amides is 1. The highest BCUT2D eigenvalue weighted by molar-refractivity contribution is 14.0. The molecule has 1 unspecified atom stereocenters. The lowest BCUT2D eigenvalue weighted by Gasteiger charge is -2.40. The van der Waals surface area contributed by atoms with Gasteiger partial charge in [-0.3, -0.25) is 14.7 Å². The molecule has 26 heavy (non-hydrogen) atoms. The first-order chi connectivity index (χ1) is 11.6. The molecule has 0 aromatic carbocycles. The predicted molar refractivity (Wildman–Crippen MR) is 120 cm³/mol. The second-order valence-corrected chi connectivity index (χ2v) is 8.26. The number of rotatable bonds is 6. The van der Waals surface area contributed by atoms with Gasteiger partial charge >= 0.3 is 0 Å². The van der Waals surface area contributed by atoms with Gasteiger partial charge < -0.3 is 20.9 Å². The molecule has 7 nitrogen and oxygen atoms in total. The fourth-order valence-corrected chi connectivity index (χ4v) is 2.99. The van der Waals surface area contributed by atoms with E-state index in [1.165, 1.54) is 0 Å². The van der Waals surface area contributed by atoms with Gasteiger partial charge in [0.15, 0.2) is 5.96 Å². The second-order valence-electron chi connectivity index (χ2n) is 8.26. The van der Waals surface area contributed by atoms with E-state index in [1.54, 1.807) is 7.05 Å². The van der Waals surface area contributed by atoms with E-state index in [9.17, 15) is 4.79 Å². The smallest absolute Gasteiger partial charge is 0.239 e. The first-order valence-corrected chi connectivity index (χ1v) is 9.30. The molecule has 154 valence electrons. The van der Waals surface area contributed by atoms with E-state index in [-0.39, 0.29) is 42.0 Å². The van der Waals surface area contributed by atoms with E-state index in [4.69, 9.17) is 0 Å². The highest BCUT2D eigenvalue weighted by Crippen LogP contribution is 2.12. The fourth-order valence-electron chi connectivity index (χ4n) is 2.99. The Morgan fingerprint density at radius 1 is 1.12 bits per heavy atom. The molecular weight excluding hydrogens is 443 g/mol. The maximum atomic E-state index is 11.9. The van der Waals surface area contributed by atoms with E-state index in [0.29, 0.717) is 17.9 Å². The Hall–Kier alpha value is -0.610. The minimum absolute atomic E-state index is 0. The zero-order chi connectivity index (χ0) is 19.0. The Morgan fingerprint density at radius 3 is 2.15 bits per heavy atom. The van der Waals surface area contributed by atoms with Crippen molar-refractivity contribution in [3.05, 3.63) is 0 Å².